The van der Waals surface area contributed by atoms with E-state index in [1.807, 2.05) is 42.5 Å². The molecule has 0 aliphatic rings. The minimum Gasteiger partial charge on any atom is -0.493 e. The second-order valence-electron chi connectivity index (χ2n) is 6.94. The van der Waals surface area contributed by atoms with E-state index in [2.05, 4.69) is 71.6 Å². The maximum Gasteiger partial charge on any atom is 0.307 e. The van der Waals surface area contributed by atoms with Gasteiger partial charge >= 0.3 is 5.91 Å². The Labute approximate surface area is 226 Å². The Bertz CT molecular complexity index is 1340. The van der Waals surface area contributed by atoms with Crippen LogP contribution in [0.2, 0.25) is 0 Å². The summed E-state index contributed by atoms with van der Waals surface area (Å²) >= 11 is 7.87. The van der Waals surface area contributed by atoms with Crippen LogP contribution < -0.4 is 14.9 Å². The number of furan rings is 1. The van der Waals surface area contributed by atoms with Crippen molar-refractivity contribution in [2.24, 2.45) is 5.10 Å². The maximum absolute atomic E-state index is 12.4. The minimum absolute atomic E-state index is 0.187. The Hall–Kier alpha value is -2.12. The average Bonchev–Trinajstić information content (AvgIpc) is 3.22. The van der Waals surface area contributed by atoms with Gasteiger partial charge in [0.1, 0.15) is 12.2 Å². The number of nitrogens with one attached hydrogen (secondary N) is 1. The summed E-state index contributed by atoms with van der Waals surface area (Å²) in [5.41, 5.74) is 4.95. The summed E-state index contributed by atoms with van der Waals surface area (Å²) in [5, 5.41) is 4.89. The fourth-order valence-electron chi connectivity index (χ4n) is 3.04. The SMILES string of the molecule is COc1cc(/C=N/NC(=O)c2cc3cc(Br)ccc3o2)cc(I)c1OCc1ccc(I)cc1. The number of halogens is 3. The van der Waals surface area contributed by atoms with Gasteiger partial charge in [0.15, 0.2) is 17.3 Å². The lowest BCUT2D eigenvalue weighted by Crippen LogP contribution is -2.16. The summed E-state index contributed by atoms with van der Waals surface area (Å²) < 4.78 is 20.1. The van der Waals surface area contributed by atoms with Crippen molar-refractivity contribution in [3.63, 3.8) is 0 Å². The highest BCUT2D eigenvalue weighted by Gasteiger charge is 2.13. The molecule has 0 spiro atoms. The predicted octanol–water partition coefficient (Wildman–Crippen LogP) is 6.76. The topological polar surface area (TPSA) is 73.1 Å². The van der Waals surface area contributed by atoms with Crippen LogP contribution in [-0.2, 0) is 6.61 Å². The quantitative estimate of drug-likeness (QED) is 0.130. The van der Waals surface area contributed by atoms with E-state index < -0.39 is 5.91 Å². The van der Waals surface area contributed by atoms with Crippen LogP contribution in [0.5, 0.6) is 11.5 Å². The van der Waals surface area contributed by atoms with E-state index in [-0.39, 0.29) is 5.76 Å². The highest BCUT2D eigenvalue weighted by atomic mass is 127. The standard InChI is InChI=1S/C24H17BrI2N2O4/c1-31-21-9-15(8-19(27)23(21)32-13-14-2-5-18(26)6-3-14)12-28-29-24(30)22-11-16-10-17(25)4-7-20(16)33-22/h2-12H,13H2,1H3,(H,29,30)/b28-12+. The normalized spacial score (nSPS) is 11.2. The van der Waals surface area contributed by atoms with E-state index in [0.29, 0.717) is 23.7 Å². The number of ether oxygens (including phenoxy) is 2. The number of carbonyl (C=O) groups is 1. The van der Waals surface area contributed by atoms with Gasteiger partial charge in [-0.25, -0.2) is 5.43 Å². The molecule has 1 N–H and O–H groups in total. The molecule has 0 atom stereocenters. The molecule has 0 unspecified atom stereocenters. The number of fused-ring (bicyclic) bond motifs is 1. The zero-order valence-corrected chi connectivity index (χ0v) is 23.2. The van der Waals surface area contributed by atoms with Gasteiger partial charge in [-0.2, -0.15) is 5.10 Å². The molecule has 6 nitrogen and oxygen atoms in total. The number of rotatable bonds is 7. The highest BCUT2D eigenvalue weighted by Crippen LogP contribution is 2.34. The molecule has 4 rings (SSSR count). The molecule has 4 aromatic rings. The van der Waals surface area contributed by atoms with Crippen molar-refractivity contribution in [3.05, 3.63) is 89.2 Å². The van der Waals surface area contributed by atoms with Gasteiger partial charge in [-0.1, -0.05) is 28.1 Å². The number of hydrogen-bond acceptors (Lipinski definition) is 5. The number of carbonyl (C=O) groups excluding carboxylic acids is 1. The van der Waals surface area contributed by atoms with E-state index >= 15 is 0 Å². The Morgan fingerprint density at radius 1 is 1.12 bits per heavy atom. The molecule has 0 aliphatic carbocycles. The third-order valence-electron chi connectivity index (χ3n) is 4.63. The molecule has 3 aromatic carbocycles. The van der Waals surface area contributed by atoms with Gasteiger partial charge in [-0.15, -0.1) is 0 Å². The molecule has 0 saturated carbocycles. The summed E-state index contributed by atoms with van der Waals surface area (Å²) in [6.07, 6.45) is 1.55. The summed E-state index contributed by atoms with van der Waals surface area (Å²) in [5.74, 6) is 0.999. The third-order valence-corrected chi connectivity index (χ3v) is 6.64. The average molecular weight is 731 g/mol. The van der Waals surface area contributed by atoms with Gasteiger partial charge in [0.2, 0.25) is 0 Å². The molecule has 168 valence electrons. The monoisotopic (exact) mass is 730 g/mol. The van der Waals surface area contributed by atoms with Crippen LogP contribution in [0.25, 0.3) is 11.0 Å². The van der Waals surface area contributed by atoms with Crippen molar-refractivity contribution in [2.75, 3.05) is 7.11 Å². The fraction of sp³-hybridized carbons (Fsp3) is 0.0833. The molecular formula is C24H17BrI2N2O4. The van der Waals surface area contributed by atoms with Gasteiger partial charge in [0.25, 0.3) is 0 Å². The number of hydrazone groups is 1. The van der Waals surface area contributed by atoms with Crippen molar-refractivity contribution in [3.8, 4) is 11.5 Å². The molecular weight excluding hydrogens is 714 g/mol. The van der Waals surface area contributed by atoms with Crippen LogP contribution >= 0.6 is 61.1 Å². The van der Waals surface area contributed by atoms with Crippen LogP contribution in [0.15, 0.2) is 74.7 Å². The fourth-order valence-corrected chi connectivity index (χ4v) is 4.56. The smallest absolute Gasteiger partial charge is 0.307 e. The third kappa shape index (κ3) is 6.07. The number of benzene rings is 3. The van der Waals surface area contributed by atoms with Crippen LogP contribution in [0, 0.1) is 7.14 Å². The van der Waals surface area contributed by atoms with Gasteiger partial charge < -0.3 is 13.9 Å². The van der Waals surface area contributed by atoms with Crippen molar-refractivity contribution < 1.29 is 18.7 Å². The molecule has 33 heavy (non-hydrogen) atoms. The number of hydrogen-bond donors (Lipinski definition) is 1. The molecule has 0 saturated heterocycles. The second kappa shape index (κ2) is 10.9. The van der Waals surface area contributed by atoms with E-state index in [9.17, 15) is 4.79 Å². The first-order valence-electron chi connectivity index (χ1n) is 9.70. The Morgan fingerprint density at radius 3 is 2.67 bits per heavy atom. The van der Waals surface area contributed by atoms with E-state index in [0.717, 1.165) is 24.6 Å². The number of amides is 1. The lowest BCUT2D eigenvalue weighted by Gasteiger charge is -2.13. The first kappa shape index (κ1) is 24.0. The maximum atomic E-state index is 12.4. The van der Waals surface area contributed by atoms with Crippen LogP contribution in [0.3, 0.4) is 0 Å². The van der Waals surface area contributed by atoms with Crippen molar-refractivity contribution in [1.82, 2.24) is 5.43 Å². The first-order chi connectivity index (χ1) is 15.9. The van der Waals surface area contributed by atoms with Gasteiger partial charge in [-0.3, -0.25) is 4.79 Å². The second-order valence-corrected chi connectivity index (χ2v) is 10.3. The first-order valence-corrected chi connectivity index (χ1v) is 12.7. The van der Waals surface area contributed by atoms with Crippen LogP contribution in [0.4, 0.5) is 0 Å². The molecule has 0 fully saturated rings. The summed E-state index contributed by atoms with van der Waals surface area (Å²) in [7, 11) is 1.59. The van der Waals surface area contributed by atoms with Gasteiger partial charge in [-0.05, 0) is 105 Å². The number of methoxy groups -OCH3 is 1. The summed E-state index contributed by atoms with van der Waals surface area (Å²) in [4.78, 5) is 12.4. The highest BCUT2D eigenvalue weighted by molar-refractivity contribution is 14.1. The van der Waals surface area contributed by atoms with Crippen molar-refractivity contribution in [2.45, 2.75) is 6.61 Å². The van der Waals surface area contributed by atoms with E-state index in [1.165, 1.54) is 3.57 Å². The molecule has 1 aromatic heterocycles. The van der Waals surface area contributed by atoms with Crippen molar-refractivity contribution in [1.29, 1.82) is 0 Å². The predicted molar refractivity (Wildman–Crippen MR) is 148 cm³/mol. The van der Waals surface area contributed by atoms with Crippen LogP contribution in [0.1, 0.15) is 21.7 Å². The van der Waals surface area contributed by atoms with Gasteiger partial charge in [0, 0.05) is 13.4 Å². The minimum atomic E-state index is -0.433. The summed E-state index contributed by atoms with van der Waals surface area (Å²) in [6.45, 7) is 0.431. The van der Waals surface area contributed by atoms with Crippen LogP contribution in [-0.4, -0.2) is 19.2 Å². The Balaban J connectivity index is 1.44. The van der Waals surface area contributed by atoms with Gasteiger partial charge in [0.05, 0.1) is 16.9 Å². The largest absolute Gasteiger partial charge is 0.493 e. The molecule has 0 aliphatic heterocycles. The number of nitrogens with zero attached hydrogens (tertiary/aromatic N) is 1. The van der Waals surface area contributed by atoms with Crippen molar-refractivity contribution >= 4 is 84.2 Å². The lowest BCUT2D eigenvalue weighted by atomic mass is 10.2. The molecule has 0 bridgehead atoms. The Morgan fingerprint density at radius 2 is 1.91 bits per heavy atom. The zero-order chi connectivity index (χ0) is 23.4. The lowest BCUT2D eigenvalue weighted by molar-refractivity contribution is 0.0929. The Kier molecular flexibility index (Phi) is 7.91. The summed E-state index contributed by atoms with van der Waals surface area (Å²) in [6, 6.07) is 19.1. The zero-order valence-electron chi connectivity index (χ0n) is 17.3. The van der Waals surface area contributed by atoms with E-state index in [4.69, 9.17) is 13.9 Å². The molecule has 1 heterocycles. The van der Waals surface area contributed by atoms with E-state index in [1.54, 1.807) is 31.5 Å². The molecule has 9 heteroatoms. The molecule has 0 radical (unpaired) electrons. The molecule has 1 amide bonds.